The zero-order chi connectivity index (χ0) is 74.2. The van der Waals surface area contributed by atoms with Gasteiger partial charge in [-0.3, -0.25) is 0 Å². The smallest absolute Gasteiger partial charge is 0.181 e. The van der Waals surface area contributed by atoms with Crippen molar-refractivity contribution in [1.82, 2.24) is 4.57 Å². The third-order valence-corrected chi connectivity index (χ3v) is 32.2. The molecule has 17 aromatic carbocycles. The highest BCUT2D eigenvalue weighted by molar-refractivity contribution is 7.26. The summed E-state index contributed by atoms with van der Waals surface area (Å²) in [7, 11) is -2.92. The van der Waals surface area contributed by atoms with E-state index in [9.17, 15) is 0 Å². The van der Waals surface area contributed by atoms with Crippen LogP contribution in [0.3, 0.4) is 0 Å². The minimum atomic E-state index is -2.92. The number of benzene rings is 17. The van der Waals surface area contributed by atoms with Crippen LogP contribution < -0.4 is 20.7 Å². The monoisotopic (exact) mass is 1440 g/mol. The first-order valence-electron chi connectivity index (χ1n) is 39.3. The molecule has 528 valence electrons. The zero-order valence-corrected chi connectivity index (χ0v) is 66.4. The second kappa shape index (κ2) is 23.4. The molecule has 0 aliphatic carbocycles. The Balaban J connectivity index is 0.683. The molecular weight excluding hydrogens is 1350 g/mol. The van der Waals surface area contributed by atoms with E-state index in [-0.39, 0.29) is 16.2 Å². The second-order valence-electron chi connectivity index (χ2n) is 34.9. The standard InChI is InChI=1S/C105H87NOSSi/c1-59(2)64-30-32-65(33-31-64)77-55-88-95-66(35-44-76-98(95)81(77)57-87-74-24-17-18-25-93(74)109(102(76)87,72-39-26-60(3)27-40-72)73-41-28-61(4)29-42-73)50-85-79-53-69(37-46-91(79)107-100(85)88)104(10,11)48-49-105(12,13)70-38-47-92-80(54-70)86-51-67-34-43-75-97-83(82(58-89(96(67)97)101(86)108-92)94-62(5)20-19-21-63(94)6)56-84-78-52-68(103(7,8)9)36-45-90(78)106(99(75)84)71-22-15-14-16-23-71/h14-47,50-59H,48-49H2,1-13H3. The maximum atomic E-state index is 7.35. The minimum Gasteiger partial charge on any atom is -0.455 e. The van der Waals surface area contributed by atoms with Crippen LogP contribution in [0.15, 0.2) is 265 Å². The average Bonchev–Trinajstić information content (AvgIpc) is 1.54. The molecule has 4 heterocycles. The Morgan fingerprint density at radius 3 is 1.68 bits per heavy atom. The average molecular weight is 1440 g/mol. The Bertz CT molecular complexity index is 7170. The van der Waals surface area contributed by atoms with Gasteiger partial charge in [0.15, 0.2) is 8.07 Å². The van der Waals surface area contributed by atoms with Crippen molar-refractivity contribution < 1.29 is 4.42 Å². The van der Waals surface area contributed by atoms with Gasteiger partial charge < -0.3 is 8.98 Å². The van der Waals surface area contributed by atoms with Gasteiger partial charge in [0.05, 0.1) is 11.0 Å². The molecule has 2 nitrogen and oxygen atoms in total. The number of para-hydroxylation sites is 1. The van der Waals surface area contributed by atoms with Crippen molar-refractivity contribution in [3.8, 4) is 39.1 Å². The van der Waals surface area contributed by atoms with Crippen LogP contribution in [-0.2, 0) is 16.2 Å². The fourth-order valence-corrected chi connectivity index (χ4v) is 26.5. The lowest BCUT2D eigenvalue weighted by molar-refractivity contribution is 0.375. The number of hydrogen-bond donors (Lipinski definition) is 0. The van der Waals surface area contributed by atoms with Gasteiger partial charge in [0, 0.05) is 74.3 Å². The molecule has 1 aliphatic heterocycles. The second-order valence-corrected chi connectivity index (χ2v) is 39.7. The highest BCUT2D eigenvalue weighted by Crippen LogP contribution is 2.54. The molecule has 21 rings (SSSR count). The summed E-state index contributed by atoms with van der Waals surface area (Å²) in [6.07, 6.45) is 2.01. The summed E-state index contributed by atoms with van der Waals surface area (Å²) >= 11 is 1.97. The Morgan fingerprint density at radius 1 is 0.404 bits per heavy atom. The van der Waals surface area contributed by atoms with Gasteiger partial charge in [0.1, 0.15) is 11.2 Å². The molecule has 0 radical (unpaired) electrons. The largest absolute Gasteiger partial charge is 0.455 e. The van der Waals surface area contributed by atoms with Gasteiger partial charge in [-0.05, 0) is 273 Å². The van der Waals surface area contributed by atoms with Gasteiger partial charge in [-0.2, -0.15) is 0 Å². The number of thiophene rings is 1. The fraction of sp³-hybridized carbons (Fsp3) is 0.181. The number of hydrogen-bond acceptors (Lipinski definition) is 2. The Morgan fingerprint density at radius 2 is 0.991 bits per heavy atom. The molecule has 1 aliphatic rings. The SMILES string of the molecule is Cc1ccc([Si]2(c3ccc(C)cc3)c3ccccc3-c3cc4c(-c5ccc(C(C)C)cc5)cc5c6oc7ccc(C(C)(C)CCC(C)(C)c8ccc9sc%10c(cc%11ccc%12c%13c(cc%14c%15cc(C(C)(C)C)ccc%15n(-c%15ccccc%15)c%14%12)c(-c%12c(C)cccc%12C)cc%10c%11%13)c9c8)cc7c6cc6ccc(c32)c4c65)cc1. The third-order valence-electron chi connectivity index (χ3n) is 26.1. The molecule has 0 saturated carbocycles. The van der Waals surface area contributed by atoms with Crippen LogP contribution in [0.25, 0.3) is 168 Å². The van der Waals surface area contributed by atoms with E-state index in [1.165, 1.54) is 222 Å². The molecular formula is C105H87NOSSi. The zero-order valence-electron chi connectivity index (χ0n) is 64.6. The van der Waals surface area contributed by atoms with E-state index in [1.807, 2.05) is 11.3 Å². The molecule has 0 spiro atoms. The Hall–Kier alpha value is -11.1. The van der Waals surface area contributed by atoms with Crippen molar-refractivity contribution in [3.63, 3.8) is 0 Å². The summed E-state index contributed by atoms with van der Waals surface area (Å²) in [5.41, 5.74) is 23.7. The number of nitrogens with zero attached hydrogens (tertiary/aromatic N) is 1. The first kappa shape index (κ1) is 66.1. The summed E-state index contributed by atoms with van der Waals surface area (Å²) in [6.45, 7) is 30.5. The lowest BCUT2D eigenvalue weighted by atomic mass is 9.72. The van der Waals surface area contributed by atoms with Gasteiger partial charge in [0.25, 0.3) is 0 Å². The van der Waals surface area contributed by atoms with E-state index in [0.717, 1.165) is 24.0 Å². The van der Waals surface area contributed by atoms with Crippen LogP contribution >= 0.6 is 11.3 Å². The predicted octanol–water partition coefficient (Wildman–Crippen LogP) is 27.2. The molecule has 0 atom stereocenters. The number of fused-ring (bicyclic) bond motifs is 16. The molecule has 4 heteroatoms. The van der Waals surface area contributed by atoms with Crippen molar-refractivity contribution >= 4 is 169 Å². The summed E-state index contributed by atoms with van der Waals surface area (Å²) in [5.74, 6) is 0.426. The lowest BCUT2D eigenvalue weighted by Crippen LogP contribution is -2.73. The summed E-state index contributed by atoms with van der Waals surface area (Å²) in [6, 6.07) is 103. The maximum Gasteiger partial charge on any atom is 0.181 e. The van der Waals surface area contributed by atoms with Crippen molar-refractivity contribution in [1.29, 1.82) is 0 Å². The highest BCUT2D eigenvalue weighted by atomic mass is 32.1. The highest BCUT2D eigenvalue weighted by Gasteiger charge is 2.50. The quantitative estimate of drug-likeness (QED) is 0.0932. The number of aromatic nitrogens is 1. The number of furan rings is 1. The first-order valence-corrected chi connectivity index (χ1v) is 42.2. The van der Waals surface area contributed by atoms with Gasteiger partial charge >= 0.3 is 0 Å². The van der Waals surface area contributed by atoms with Crippen LogP contribution in [-0.4, -0.2) is 12.6 Å². The van der Waals surface area contributed by atoms with Crippen LogP contribution in [0, 0.1) is 27.7 Å². The van der Waals surface area contributed by atoms with Crippen LogP contribution in [0.5, 0.6) is 0 Å². The van der Waals surface area contributed by atoms with Gasteiger partial charge in [-0.1, -0.05) is 249 Å². The Kier molecular flexibility index (Phi) is 14.2. The van der Waals surface area contributed by atoms with Crippen molar-refractivity contribution in [2.45, 2.75) is 125 Å². The van der Waals surface area contributed by atoms with E-state index in [2.05, 4.69) is 355 Å². The number of aryl methyl sites for hydroxylation is 4. The molecule has 0 fully saturated rings. The molecule has 0 bridgehead atoms. The molecule has 0 N–H and O–H groups in total. The third kappa shape index (κ3) is 9.56. The van der Waals surface area contributed by atoms with E-state index in [0.29, 0.717) is 5.92 Å². The predicted molar refractivity (Wildman–Crippen MR) is 475 cm³/mol. The van der Waals surface area contributed by atoms with Crippen molar-refractivity contribution in [2.75, 3.05) is 0 Å². The molecule has 109 heavy (non-hydrogen) atoms. The molecule has 0 unspecified atom stereocenters. The maximum absolute atomic E-state index is 7.35. The van der Waals surface area contributed by atoms with Crippen LogP contribution in [0.4, 0.5) is 0 Å². The summed E-state index contributed by atoms with van der Waals surface area (Å²) < 4.78 is 12.6. The van der Waals surface area contributed by atoms with Crippen LogP contribution in [0.2, 0.25) is 0 Å². The first-order chi connectivity index (χ1) is 52.6. The Labute approximate surface area is 642 Å². The van der Waals surface area contributed by atoms with Crippen LogP contribution in [0.1, 0.15) is 126 Å². The van der Waals surface area contributed by atoms with Crippen molar-refractivity contribution in [2.24, 2.45) is 0 Å². The van der Waals surface area contributed by atoms with E-state index in [1.54, 1.807) is 0 Å². The molecule has 3 aromatic heterocycles. The molecule has 0 saturated heterocycles. The van der Waals surface area contributed by atoms with E-state index < -0.39 is 8.07 Å². The lowest BCUT2D eigenvalue weighted by Gasteiger charge is -2.33. The summed E-state index contributed by atoms with van der Waals surface area (Å²) in [4.78, 5) is 0. The normalized spacial score (nSPS) is 13.6. The fourth-order valence-electron chi connectivity index (χ4n) is 20.0. The van der Waals surface area contributed by atoms with Gasteiger partial charge in [-0.15, -0.1) is 11.3 Å². The van der Waals surface area contributed by atoms with Crippen molar-refractivity contribution in [3.05, 3.63) is 305 Å². The van der Waals surface area contributed by atoms with Gasteiger partial charge in [-0.25, -0.2) is 0 Å². The molecule has 0 amide bonds. The molecule has 20 aromatic rings. The topological polar surface area (TPSA) is 18.1 Å². The van der Waals surface area contributed by atoms with E-state index >= 15 is 0 Å². The van der Waals surface area contributed by atoms with Gasteiger partial charge in [0.2, 0.25) is 0 Å². The number of rotatable bonds is 11. The van der Waals surface area contributed by atoms with E-state index in [4.69, 9.17) is 4.42 Å². The minimum absolute atomic E-state index is 0.00401. The summed E-state index contributed by atoms with van der Waals surface area (Å²) in [5, 5.41) is 29.0.